The second-order valence-electron chi connectivity index (χ2n) is 3.13. The standard InChI is InChI=1S/C11H15BrN2O/c1-2-13-11(15)14-8-7-9-5-3-4-6-10(9)12/h3-6H,2,7-8H2,1H3,(H2,13,14,15). The summed E-state index contributed by atoms with van der Waals surface area (Å²) >= 11 is 3.47. The van der Waals surface area contributed by atoms with Gasteiger partial charge in [0.15, 0.2) is 0 Å². The molecule has 2 amide bonds. The average molecular weight is 271 g/mol. The molecule has 0 bridgehead atoms. The molecule has 82 valence electrons. The normalized spacial score (nSPS) is 9.73. The number of hydrogen-bond donors (Lipinski definition) is 2. The molecule has 0 aliphatic heterocycles. The number of benzene rings is 1. The van der Waals surface area contributed by atoms with E-state index < -0.39 is 0 Å². The van der Waals surface area contributed by atoms with Crippen molar-refractivity contribution < 1.29 is 4.79 Å². The van der Waals surface area contributed by atoms with E-state index in [-0.39, 0.29) is 6.03 Å². The summed E-state index contributed by atoms with van der Waals surface area (Å²) in [5.41, 5.74) is 1.20. The van der Waals surface area contributed by atoms with Crippen LogP contribution in [0, 0.1) is 0 Å². The van der Waals surface area contributed by atoms with Gasteiger partial charge in [-0.15, -0.1) is 0 Å². The van der Waals surface area contributed by atoms with Gasteiger partial charge in [0, 0.05) is 17.6 Å². The minimum atomic E-state index is -0.107. The molecule has 0 saturated heterocycles. The van der Waals surface area contributed by atoms with Crippen molar-refractivity contribution in [3.8, 4) is 0 Å². The van der Waals surface area contributed by atoms with Gasteiger partial charge >= 0.3 is 6.03 Å². The Morgan fingerprint density at radius 2 is 2.07 bits per heavy atom. The third-order valence-electron chi connectivity index (χ3n) is 1.98. The van der Waals surface area contributed by atoms with Crippen molar-refractivity contribution in [3.63, 3.8) is 0 Å². The number of halogens is 1. The zero-order chi connectivity index (χ0) is 11.1. The van der Waals surface area contributed by atoms with Gasteiger partial charge in [0.05, 0.1) is 0 Å². The maximum absolute atomic E-state index is 11.1. The third kappa shape index (κ3) is 4.34. The van der Waals surface area contributed by atoms with Crippen molar-refractivity contribution in [2.24, 2.45) is 0 Å². The minimum absolute atomic E-state index is 0.107. The molecule has 0 aliphatic carbocycles. The number of rotatable bonds is 4. The fourth-order valence-electron chi connectivity index (χ4n) is 1.23. The molecule has 1 rings (SSSR count). The largest absolute Gasteiger partial charge is 0.338 e. The van der Waals surface area contributed by atoms with Crippen LogP contribution in [-0.2, 0) is 6.42 Å². The van der Waals surface area contributed by atoms with Crippen molar-refractivity contribution in [2.45, 2.75) is 13.3 Å². The van der Waals surface area contributed by atoms with Crippen LogP contribution in [0.5, 0.6) is 0 Å². The van der Waals surface area contributed by atoms with E-state index in [0.29, 0.717) is 13.1 Å². The minimum Gasteiger partial charge on any atom is -0.338 e. The van der Waals surface area contributed by atoms with Gasteiger partial charge in [-0.25, -0.2) is 4.79 Å². The first-order valence-corrected chi connectivity index (χ1v) is 5.78. The second kappa shape index (κ2) is 6.45. The summed E-state index contributed by atoms with van der Waals surface area (Å²) in [5.74, 6) is 0. The second-order valence-corrected chi connectivity index (χ2v) is 3.98. The summed E-state index contributed by atoms with van der Waals surface area (Å²) in [6, 6.07) is 7.91. The summed E-state index contributed by atoms with van der Waals surface area (Å²) in [5, 5.41) is 5.47. The van der Waals surface area contributed by atoms with Crippen LogP contribution in [0.4, 0.5) is 4.79 Å². The van der Waals surface area contributed by atoms with Gasteiger partial charge in [-0.05, 0) is 25.0 Å². The number of nitrogens with one attached hydrogen (secondary N) is 2. The van der Waals surface area contributed by atoms with Crippen molar-refractivity contribution in [2.75, 3.05) is 13.1 Å². The smallest absolute Gasteiger partial charge is 0.314 e. The van der Waals surface area contributed by atoms with E-state index in [2.05, 4.69) is 26.6 Å². The van der Waals surface area contributed by atoms with Gasteiger partial charge in [0.2, 0.25) is 0 Å². The maximum atomic E-state index is 11.1. The lowest BCUT2D eigenvalue weighted by atomic mass is 10.1. The number of carbonyl (C=O) groups is 1. The van der Waals surface area contributed by atoms with Crippen LogP contribution in [0.1, 0.15) is 12.5 Å². The molecule has 4 heteroatoms. The fourth-order valence-corrected chi connectivity index (χ4v) is 1.72. The molecule has 0 fully saturated rings. The lowest BCUT2D eigenvalue weighted by molar-refractivity contribution is 0.241. The molecule has 0 aromatic heterocycles. The van der Waals surface area contributed by atoms with Crippen LogP contribution in [-0.4, -0.2) is 19.1 Å². The lowest BCUT2D eigenvalue weighted by Crippen LogP contribution is -2.36. The van der Waals surface area contributed by atoms with Crippen molar-refractivity contribution in [3.05, 3.63) is 34.3 Å². The van der Waals surface area contributed by atoms with E-state index in [1.54, 1.807) is 0 Å². The molecular weight excluding hydrogens is 256 g/mol. The van der Waals surface area contributed by atoms with Crippen molar-refractivity contribution >= 4 is 22.0 Å². The molecule has 0 heterocycles. The zero-order valence-electron chi connectivity index (χ0n) is 8.72. The zero-order valence-corrected chi connectivity index (χ0v) is 10.3. The average Bonchev–Trinajstić information content (AvgIpc) is 2.21. The molecule has 1 aromatic rings. The van der Waals surface area contributed by atoms with Gasteiger partial charge in [0.25, 0.3) is 0 Å². The van der Waals surface area contributed by atoms with Crippen LogP contribution in [0.25, 0.3) is 0 Å². The predicted molar refractivity (Wildman–Crippen MR) is 64.9 cm³/mol. The maximum Gasteiger partial charge on any atom is 0.314 e. The highest BCUT2D eigenvalue weighted by molar-refractivity contribution is 9.10. The Labute approximate surface area is 98.4 Å². The van der Waals surface area contributed by atoms with Crippen LogP contribution in [0.3, 0.4) is 0 Å². The monoisotopic (exact) mass is 270 g/mol. The van der Waals surface area contributed by atoms with Crippen LogP contribution >= 0.6 is 15.9 Å². The molecule has 2 N–H and O–H groups in total. The molecule has 3 nitrogen and oxygen atoms in total. The van der Waals surface area contributed by atoms with Gasteiger partial charge in [-0.1, -0.05) is 34.1 Å². The predicted octanol–water partition coefficient (Wildman–Crippen LogP) is 2.31. The Kier molecular flexibility index (Phi) is 5.18. The lowest BCUT2D eigenvalue weighted by Gasteiger charge is -2.06. The van der Waals surface area contributed by atoms with E-state index in [1.807, 2.05) is 31.2 Å². The number of amides is 2. The quantitative estimate of drug-likeness (QED) is 0.866. The molecule has 0 unspecified atom stereocenters. The van der Waals surface area contributed by atoms with Gasteiger partial charge in [-0.2, -0.15) is 0 Å². The molecule has 0 radical (unpaired) electrons. The third-order valence-corrected chi connectivity index (χ3v) is 2.75. The van der Waals surface area contributed by atoms with E-state index in [9.17, 15) is 4.79 Å². The highest BCUT2D eigenvalue weighted by atomic mass is 79.9. The Morgan fingerprint density at radius 3 is 2.73 bits per heavy atom. The van der Waals surface area contributed by atoms with Gasteiger partial charge in [0.1, 0.15) is 0 Å². The van der Waals surface area contributed by atoms with E-state index in [4.69, 9.17) is 0 Å². The highest BCUT2D eigenvalue weighted by Crippen LogP contribution is 2.15. The molecular formula is C11H15BrN2O. The topological polar surface area (TPSA) is 41.1 Å². The van der Waals surface area contributed by atoms with Crippen molar-refractivity contribution in [1.29, 1.82) is 0 Å². The number of carbonyl (C=O) groups excluding carboxylic acids is 1. The molecule has 1 aromatic carbocycles. The van der Waals surface area contributed by atoms with Crippen LogP contribution < -0.4 is 10.6 Å². The first kappa shape index (κ1) is 12.0. The summed E-state index contributed by atoms with van der Waals surface area (Å²) in [6.45, 7) is 3.20. The number of urea groups is 1. The Morgan fingerprint density at radius 1 is 1.33 bits per heavy atom. The molecule has 0 atom stereocenters. The first-order chi connectivity index (χ1) is 7.24. The Bertz CT molecular complexity index is 328. The van der Waals surface area contributed by atoms with Crippen LogP contribution in [0.15, 0.2) is 28.7 Å². The summed E-state index contributed by atoms with van der Waals surface area (Å²) in [6.07, 6.45) is 0.832. The SMILES string of the molecule is CCNC(=O)NCCc1ccccc1Br. The Hall–Kier alpha value is -1.03. The highest BCUT2D eigenvalue weighted by Gasteiger charge is 2.00. The molecule has 0 aliphatic rings. The van der Waals surface area contributed by atoms with Crippen LogP contribution in [0.2, 0.25) is 0 Å². The van der Waals surface area contributed by atoms with Gasteiger partial charge in [-0.3, -0.25) is 0 Å². The van der Waals surface area contributed by atoms with Gasteiger partial charge < -0.3 is 10.6 Å². The van der Waals surface area contributed by atoms with E-state index in [1.165, 1.54) is 5.56 Å². The van der Waals surface area contributed by atoms with Crippen molar-refractivity contribution in [1.82, 2.24) is 10.6 Å². The fraction of sp³-hybridized carbons (Fsp3) is 0.364. The summed E-state index contributed by atoms with van der Waals surface area (Å²) < 4.78 is 1.09. The number of hydrogen-bond acceptors (Lipinski definition) is 1. The van der Waals surface area contributed by atoms with E-state index in [0.717, 1.165) is 10.9 Å². The molecule has 0 saturated carbocycles. The molecule has 0 spiro atoms. The summed E-state index contributed by atoms with van der Waals surface area (Å²) in [7, 11) is 0. The van der Waals surface area contributed by atoms with E-state index >= 15 is 0 Å². The Balaban J connectivity index is 2.32. The molecule has 15 heavy (non-hydrogen) atoms. The first-order valence-electron chi connectivity index (χ1n) is 4.99. The summed E-state index contributed by atoms with van der Waals surface area (Å²) in [4.78, 5) is 11.1.